The number of rotatable bonds is 21. The van der Waals surface area contributed by atoms with Gasteiger partial charge >= 0.3 is 24.4 Å². The third-order valence-electron chi connectivity index (χ3n) is 13.4. The number of fused-ring (bicyclic) bond motifs is 3. The number of carbonyl (C=O) groups excluding carboxylic acids is 7. The number of hydrogen-bond acceptors (Lipinski definition) is 21. The second-order valence-corrected chi connectivity index (χ2v) is 23.2. The van der Waals surface area contributed by atoms with Crippen molar-refractivity contribution in [3.63, 3.8) is 0 Å². The number of amides is 7. The van der Waals surface area contributed by atoms with E-state index in [9.17, 15) is 33.9 Å². The molecule has 2 heterocycles. The molecule has 1 aliphatic carbocycles. The Kier molecular flexibility index (Phi) is 20.6. The zero-order chi connectivity index (χ0) is 64.8. The van der Waals surface area contributed by atoms with Gasteiger partial charge in [0.15, 0.2) is 17.2 Å². The summed E-state index contributed by atoms with van der Waals surface area (Å²) in [7, 11) is 5.64. The lowest BCUT2D eigenvalue weighted by Crippen LogP contribution is -2.51. The SMILES string of the molecule is CCOC1=CC2=C(CC1N(C(=O)OC(C)(C)COC)C(=O)c1ccccc1)Oc1c(N(C(C)=O)C(=O)OC(C)(C)COC)c3c(c(N(C(=O)OC(C)(C)COC)C(C)O)c1=N2)Oc1cc(N(C(=O)OC(C)(C)COC)C(=O)c2ccccc2)c(C)cc1N=3. The van der Waals surface area contributed by atoms with E-state index in [1.54, 1.807) is 106 Å². The molecule has 0 spiro atoms. The number of benzene rings is 4. The second-order valence-electron chi connectivity index (χ2n) is 23.2. The minimum atomic E-state index is -1.84. The summed E-state index contributed by atoms with van der Waals surface area (Å²) >= 11 is 0. The Morgan fingerprint density at radius 1 is 0.625 bits per heavy atom. The molecule has 25 nitrogen and oxygen atoms in total. The molecule has 88 heavy (non-hydrogen) atoms. The molecule has 2 unspecified atom stereocenters. The Labute approximate surface area is 509 Å². The number of methoxy groups -OCH3 is 4. The van der Waals surface area contributed by atoms with Crippen LogP contribution < -0.4 is 34.9 Å². The normalized spacial score (nSPS) is 14.6. The van der Waals surface area contributed by atoms with Crippen molar-refractivity contribution in [2.24, 2.45) is 9.98 Å². The van der Waals surface area contributed by atoms with Crippen LogP contribution in [-0.4, -0.2) is 148 Å². The first-order chi connectivity index (χ1) is 41.4. The summed E-state index contributed by atoms with van der Waals surface area (Å²) in [5, 5.41) is 11.2. The van der Waals surface area contributed by atoms with Gasteiger partial charge in [0.25, 0.3) is 11.8 Å². The fourth-order valence-corrected chi connectivity index (χ4v) is 9.96. The summed E-state index contributed by atoms with van der Waals surface area (Å²) in [6.07, 6.45) is -5.48. The first-order valence-corrected chi connectivity index (χ1v) is 28.1. The Balaban J connectivity index is 1.59. The van der Waals surface area contributed by atoms with Gasteiger partial charge in [0.1, 0.15) is 79.7 Å². The van der Waals surface area contributed by atoms with E-state index in [0.29, 0.717) is 4.90 Å². The zero-order valence-electron chi connectivity index (χ0n) is 52.4. The Morgan fingerprint density at radius 3 is 1.58 bits per heavy atom. The van der Waals surface area contributed by atoms with Crippen molar-refractivity contribution >= 4 is 64.8 Å². The molecule has 3 aliphatic rings. The van der Waals surface area contributed by atoms with Gasteiger partial charge in [0.05, 0.1) is 38.7 Å². The van der Waals surface area contributed by atoms with E-state index in [1.165, 1.54) is 77.8 Å². The third-order valence-corrected chi connectivity index (χ3v) is 13.4. The number of ether oxygens (including phenoxy) is 11. The molecule has 25 heteroatoms. The fraction of sp³-hybridized carbons (Fsp3) is 0.444. The van der Waals surface area contributed by atoms with E-state index in [0.717, 1.165) is 21.6 Å². The van der Waals surface area contributed by atoms with Gasteiger partial charge < -0.3 is 57.2 Å². The maximum Gasteiger partial charge on any atom is 0.422 e. The number of nitrogens with zero attached hydrogens (tertiary/aromatic N) is 6. The van der Waals surface area contributed by atoms with Crippen molar-refractivity contribution in [2.75, 3.05) is 76.2 Å². The highest BCUT2D eigenvalue weighted by Crippen LogP contribution is 2.47. The van der Waals surface area contributed by atoms with Crippen LogP contribution in [0, 0.1) is 6.92 Å². The number of allylic oxidation sites excluding steroid dienone is 1. The van der Waals surface area contributed by atoms with Crippen molar-refractivity contribution in [3.8, 4) is 17.2 Å². The molecule has 2 atom stereocenters. The molecule has 7 amide bonds. The van der Waals surface area contributed by atoms with E-state index in [2.05, 4.69) is 0 Å². The van der Waals surface area contributed by atoms with Crippen molar-refractivity contribution in [3.05, 3.63) is 123 Å². The van der Waals surface area contributed by atoms with Crippen LogP contribution >= 0.6 is 0 Å². The first kappa shape index (κ1) is 66.8. The zero-order valence-corrected chi connectivity index (χ0v) is 52.4. The monoisotopic (exact) mass is 1220 g/mol. The van der Waals surface area contributed by atoms with Gasteiger partial charge in [-0.1, -0.05) is 36.4 Å². The lowest BCUT2D eigenvalue weighted by atomic mass is 9.99. The van der Waals surface area contributed by atoms with Gasteiger partial charge in [0.2, 0.25) is 5.91 Å². The molecule has 4 aromatic carbocycles. The molecule has 7 rings (SSSR count). The number of aliphatic hydroxyl groups excluding tert-OH is 1. The molecule has 0 fully saturated rings. The molecular weight excluding hydrogens is 1140 g/mol. The van der Waals surface area contributed by atoms with Gasteiger partial charge in [-0.2, -0.15) is 0 Å². The van der Waals surface area contributed by atoms with E-state index >= 15 is 4.79 Å². The highest BCUT2D eigenvalue weighted by Gasteiger charge is 2.46. The first-order valence-electron chi connectivity index (χ1n) is 28.1. The minimum Gasteiger partial charge on any atom is -0.496 e. The summed E-state index contributed by atoms with van der Waals surface area (Å²) in [5.41, 5.74) is -5.80. The summed E-state index contributed by atoms with van der Waals surface area (Å²) in [5.74, 6) is -3.70. The molecule has 472 valence electrons. The van der Waals surface area contributed by atoms with Gasteiger partial charge in [0, 0.05) is 65.1 Å². The van der Waals surface area contributed by atoms with Crippen molar-refractivity contribution < 1.29 is 90.8 Å². The molecule has 0 saturated heterocycles. The number of aryl methyl sites for hydroxylation is 1. The number of anilines is 3. The molecule has 0 radical (unpaired) electrons. The van der Waals surface area contributed by atoms with E-state index in [-0.39, 0.29) is 94.8 Å². The van der Waals surface area contributed by atoms with Crippen LogP contribution in [0.5, 0.6) is 17.2 Å². The van der Waals surface area contributed by atoms with Gasteiger partial charge in [-0.15, -0.1) is 0 Å². The van der Waals surface area contributed by atoms with Crippen LogP contribution in [0.4, 0.5) is 41.9 Å². The number of hydrogen-bond donors (Lipinski definition) is 1. The Hall–Kier alpha value is -8.75. The summed E-state index contributed by atoms with van der Waals surface area (Å²) in [6, 6.07) is 17.4. The number of carbonyl (C=O) groups is 7. The van der Waals surface area contributed by atoms with Crippen molar-refractivity contribution in [1.82, 2.24) is 4.90 Å². The number of aliphatic hydroxyl groups is 1. The van der Waals surface area contributed by atoms with Crippen LogP contribution in [0.15, 0.2) is 106 Å². The summed E-state index contributed by atoms with van der Waals surface area (Å²) in [6.45, 7) is 17.8. The molecule has 4 aromatic rings. The van der Waals surface area contributed by atoms with Crippen LogP contribution in [0.2, 0.25) is 0 Å². The molecule has 1 N–H and O–H groups in total. The van der Waals surface area contributed by atoms with Crippen LogP contribution in [0.1, 0.15) is 109 Å². The van der Waals surface area contributed by atoms with E-state index in [4.69, 9.17) is 62.1 Å². The summed E-state index contributed by atoms with van der Waals surface area (Å²) < 4.78 is 65.4. The summed E-state index contributed by atoms with van der Waals surface area (Å²) in [4.78, 5) is 116. The molecule has 0 saturated carbocycles. The van der Waals surface area contributed by atoms with Gasteiger partial charge in [-0.25, -0.2) is 48.8 Å². The largest absolute Gasteiger partial charge is 0.496 e. The maximum atomic E-state index is 15.0. The molecule has 2 aliphatic heterocycles. The third kappa shape index (κ3) is 14.8. The average molecular weight is 1220 g/mol. The molecule has 0 aromatic heterocycles. The average Bonchev–Trinajstić information content (AvgIpc) is 0.791. The number of imide groups is 3. The quantitative estimate of drug-likeness (QED) is 0.0406. The topological polar surface area (TPSA) is 279 Å². The van der Waals surface area contributed by atoms with Crippen molar-refractivity contribution in [2.45, 2.75) is 124 Å². The van der Waals surface area contributed by atoms with E-state index < -0.39 is 106 Å². The smallest absolute Gasteiger partial charge is 0.422 e. The standard InChI is InChI=1S/C63H76N6O19/c1-17-82-47-29-42-46(31-44(47)69(55(73)40-26-22-19-23-27-40)59(77)88-63(11,12)35-81-16)84-53-49(65-42)51(67(38(4)71)57(75)86-61(7,8)33-79-14)52-48(50(53)66(37(3)70)56(74)85-60(5,6)32-78-13)64-41-28-36(2)43(30-45(41)83-52)68(54(72)39-24-20-18-21-25-39)58(76)87-62(9,10)34-80-15/h18-30,38,44,71H,17,31-35H2,1-16H3. The molecular formula is C63H76N6O19. The lowest BCUT2D eigenvalue weighted by molar-refractivity contribution is -0.116. The highest BCUT2D eigenvalue weighted by atomic mass is 16.6. The lowest BCUT2D eigenvalue weighted by Gasteiger charge is -2.37. The van der Waals surface area contributed by atoms with Crippen LogP contribution in [0.25, 0.3) is 0 Å². The van der Waals surface area contributed by atoms with Crippen LogP contribution in [0.3, 0.4) is 0 Å². The Bertz CT molecular complexity index is 3540. The molecule has 0 bridgehead atoms. The fourth-order valence-electron chi connectivity index (χ4n) is 9.96. The maximum absolute atomic E-state index is 15.0. The van der Waals surface area contributed by atoms with E-state index in [1.807, 2.05) is 0 Å². The minimum absolute atomic E-state index is 0.00408. The Morgan fingerprint density at radius 2 is 1.09 bits per heavy atom. The van der Waals surface area contributed by atoms with Crippen LogP contribution in [-0.2, 0) is 47.4 Å². The second kappa shape index (κ2) is 27.1. The predicted molar refractivity (Wildman–Crippen MR) is 318 cm³/mol. The van der Waals surface area contributed by atoms with Gasteiger partial charge in [-0.05, 0) is 112 Å². The predicted octanol–water partition coefficient (Wildman–Crippen LogP) is 9.50. The highest BCUT2D eigenvalue weighted by molar-refractivity contribution is 6.20. The van der Waals surface area contributed by atoms with Crippen molar-refractivity contribution in [1.29, 1.82) is 0 Å². The van der Waals surface area contributed by atoms with Gasteiger partial charge in [-0.3, -0.25) is 14.4 Å².